The molecule has 0 saturated heterocycles. The third-order valence-corrected chi connectivity index (χ3v) is 9.22. The fourth-order valence-electron chi connectivity index (χ4n) is 4.12. The van der Waals surface area contributed by atoms with Crippen LogP contribution in [0.1, 0.15) is 32.8 Å². The number of rotatable bonds is 13. The monoisotopic (exact) mass is 653 g/mol. The summed E-state index contributed by atoms with van der Waals surface area (Å²) in [4.78, 5) is 28.2. The van der Waals surface area contributed by atoms with Gasteiger partial charge in [-0.3, -0.25) is 13.9 Å². The highest BCUT2D eigenvalue weighted by Gasteiger charge is 2.33. The quantitative estimate of drug-likeness (QED) is 0.255. The van der Waals surface area contributed by atoms with Crippen LogP contribution < -0.4 is 19.1 Å². The number of amides is 2. The summed E-state index contributed by atoms with van der Waals surface area (Å²) in [5.41, 5.74) is 0.532. The second kappa shape index (κ2) is 14.8. The van der Waals surface area contributed by atoms with Crippen LogP contribution in [0.2, 0.25) is 10.0 Å². The number of nitrogens with one attached hydrogen (secondary N) is 1. The fourth-order valence-corrected chi connectivity index (χ4v) is 6.02. The first-order valence-electron chi connectivity index (χ1n) is 13.4. The van der Waals surface area contributed by atoms with Crippen molar-refractivity contribution in [2.75, 3.05) is 25.1 Å². The zero-order valence-electron chi connectivity index (χ0n) is 24.4. The van der Waals surface area contributed by atoms with Crippen molar-refractivity contribution >= 4 is 50.7 Å². The summed E-state index contributed by atoms with van der Waals surface area (Å²) < 4.78 is 53.3. The van der Waals surface area contributed by atoms with E-state index in [2.05, 4.69) is 5.32 Å². The summed E-state index contributed by atoms with van der Waals surface area (Å²) >= 11 is 12.5. The highest BCUT2D eigenvalue weighted by molar-refractivity contribution is 7.92. The van der Waals surface area contributed by atoms with Gasteiger partial charge in [-0.15, -0.1) is 0 Å². The molecule has 2 amide bonds. The summed E-state index contributed by atoms with van der Waals surface area (Å²) in [6.07, 6.45) is 0.664. The smallest absolute Gasteiger partial charge is 0.264 e. The number of benzene rings is 3. The van der Waals surface area contributed by atoms with E-state index in [9.17, 15) is 22.4 Å². The molecule has 0 unspecified atom stereocenters. The van der Waals surface area contributed by atoms with Crippen LogP contribution in [0.3, 0.4) is 0 Å². The Morgan fingerprint density at radius 1 is 0.953 bits per heavy atom. The molecule has 0 aromatic heterocycles. The van der Waals surface area contributed by atoms with Crippen molar-refractivity contribution in [3.63, 3.8) is 0 Å². The summed E-state index contributed by atoms with van der Waals surface area (Å²) in [5, 5.41) is 3.52. The van der Waals surface area contributed by atoms with Crippen molar-refractivity contribution in [3.05, 3.63) is 82.1 Å². The van der Waals surface area contributed by atoms with Crippen LogP contribution in [-0.2, 0) is 26.2 Å². The number of hydrogen-bond donors (Lipinski definition) is 1. The summed E-state index contributed by atoms with van der Waals surface area (Å²) in [6, 6.07) is 12.2. The molecule has 0 aliphatic heterocycles. The van der Waals surface area contributed by atoms with Gasteiger partial charge in [0, 0.05) is 28.7 Å². The minimum absolute atomic E-state index is 0.0331. The molecule has 0 saturated carbocycles. The van der Waals surface area contributed by atoms with Crippen LogP contribution >= 0.6 is 23.2 Å². The SMILES string of the molecule is CC[C@H](C)NC(=O)[C@@H](C)N(Cc1ccc(Cl)cc1Cl)C(=O)CN(c1ccc(F)cc1)S(=O)(=O)c1ccc(OC)c(OC)c1. The molecule has 3 aromatic carbocycles. The number of halogens is 3. The lowest BCUT2D eigenvalue weighted by molar-refractivity contribution is -0.139. The second-order valence-corrected chi connectivity index (χ2v) is 12.5. The Bertz CT molecular complexity index is 1560. The van der Waals surface area contributed by atoms with Crippen LogP contribution in [0.25, 0.3) is 0 Å². The maximum Gasteiger partial charge on any atom is 0.264 e. The van der Waals surface area contributed by atoms with E-state index in [4.69, 9.17) is 32.7 Å². The molecular formula is C30H34Cl2FN3O6S. The van der Waals surface area contributed by atoms with Crippen LogP contribution in [0.5, 0.6) is 11.5 Å². The normalized spacial score (nSPS) is 12.7. The molecular weight excluding hydrogens is 620 g/mol. The van der Waals surface area contributed by atoms with E-state index in [1.165, 1.54) is 55.5 Å². The lowest BCUT2D eigenvalue weighted by atomic mass is 10.1. The molecule has 0 spiro atoms. The van der Waals surface area contributed by atoms with Gasteiger partial charge < -0.3 is 19.7 Å². The first-order chi connectivity index (χ1) is 20.3. The molecule has 2 atom stereocenters. The molecule has 0 bridgehead atoms. The van der Waals surface area contributed by atoms with Crippen molar-refractivity contribution in [3.8, 4) is 11.5 Å². The molecule has 232 valence electrons. The Morgan fingerprint density at radius 2 is 1.60 bits per heavy atom. The highest BCUT2D eigenvalue weighted by Crippen LogP contribution is 2.32. The van der Waals surface area contributed by atoms with Gasteiger partial charge in [-0.25, -0.2) is 12.8 Å². The zero-order chi connectivity index (χ0) is 31.9. The van der Waals surface area contributed by atoms with Gasteiger partial charge in [0.1, 0.15) is 18.4 Å². The van der Waals surface area contributed by atoms with E-state index in [1.54, 1.807) is 19.1 Å². The lowest BCUT2D eigenvalue weighted by Gasteiger charge is -2.32. The molecule has 3 aromatic rings. The lowest BCUT2D eigenvalue weighted by Crippen LogP contribution is -2.52. The Balaban J connectivity index is 2.08. The van der Waals surface area contributed by atoms with E-state index < -0.39 is 40.2 Å². The molecule has 13 heteroatoms. The number of hydrogen-bond acceptors (Lipinski definition) is 6. The van der Waals surface area contributed by atoms with Crippen molar-refractivity contribution in [1.82, 2.24) is 10.2 Å². The van der Waals surface area contributed by atoms with Gasteiger partial charge in [-0.1, -0.05) is 36.2 Å². The van der Waals surface area contributed by atoms with Gasteiger partial charge in [0.2, 0.25) is 11.8 Å². The van der Waals surface area contributed by atoms with Crippen LogP contribution in [0.15, 0.2) is 65.6 Å². The summed E-state index contributed by atoms with van der Waals surface area (Å²) in [7, 11) is -1.65. The standard InChI is InChI=1S/C30H34Cl2FN3O6S/c1-6-19(2)34-30(38)20(3)35(17-21-7-8-22(31)15-26(21)32)29(37)18-36(24-11-9-23(33)10-12-24)43(39,40)25-13-14-27(41-4)28(16-25)42-5/h7-16,19-20H,6,17-18H2,1-5H3,(H,34,38)/t19-,20+/m0/s1. The van der Waals surface area contributed by atoms with E-state index in [0.29, 0.717) is 22.8 Å². The molecule has 0 fully saturated rings. The van der Waals surface area contributed by atoms with Crippen LogP contribution in [0.4, 0.5) is 10.1 Å². The van der Waals surface area contributed by atoms with Crippen molar-refractivity contribution in [2.45, 2.75) is 50.7 Å². The average molecular weight is 655 g/mol. The maximum absolute atomic E-state index is 14.0. The second-order valence-electron chi connectivity index (χ2n) is 9.76. The third-order valence-electron chi connectivity index (χ3n) is 6.86. The summed E-state index contributed by atoms with van der Waals surface area (Å²) in [5.74, 6) is -1.26. The van der Waals surface area contributed by atoms with Crippen molar-refractivity contribution in [1.29, 1.82) is 0 Å². The minimum Gasteiger partial charge on any atom is -0.493 e. The minimum atomic E-state index is -4.42. The molecule has 0 aliphatic carbocycles. The third kappa shape index (κ3) is 8.31. The topological polar surface area (TPSA) is 105 Å². The first kappa shape index (κ1) is 34.0. The van der Waals surface area contributed by atoms with Gasteiger partial charge in [-0.2, -0.15) is 0 Å². The van der Waals surface area contributed by atoms with E-state index in [1.807, 2.05) is 13.8 Å². The Morgan fingerprint density at radius 3 is 2.19 bits per heavy atom. The Kier molecular flexibility index (Phi) is 11.7. The number of ether oxygens (including phenoxy) is 2. The highest BCUT2D eigenvalue weighted by atomic mass is 35.5. The molecule has 0 aliphatic rings. The van der Waals surface area contributed by atoms with Crippen LogP contribution in [-0.4, -0.2) is 58.0 Å². The number of carbonyl (C=O) groups is 2. The number of carbonyl (C=O) groups excluding carboxylic acids is 2. The number of methoxy groups -OCH3 is 2. The summed E-state index contributed by atoms with van der Waals surface area (Å²) in [6.45, 7) is 4.46. The van der Waals surface area contributed by atoms with Crippen molar-refractivity contribution in [2.24, 2.45) is 0 Å². The molecule has 43 heavy (non-hydrogen) atoms. The average Bonchev–Trinajstić information content (AvgIpc) is 2.98. The van der Waals surface area contributed by atoms with E-state index in [-0.39, 0.29) is 33.9 Å². The Labute approximate surface area is 261 Å². The zero-order valence-corrected chi connectivity index (χ0v) is 26.8. The van der Waals surface area contributed by atoms with Gasteiger partial charge in [0.15, 0.2) is 11.5 Å². The number of nitrogens with zero attached hydrogens (tertiary/aromatic N) is 2. The van der Waals surface area contributed by atoms with Gasteiger partial charge in [0.25, 0.3) is 10.0 Å². The molecule has 0 heterocycles. The molecule has 0 radical (unpaired) electrons. The van der Waals surface area contributed by atoms with E-state index >= 15 is 0 Å². The van der Waals surface area contributed by atoms with Gasteiger partial charge >= 0.3 is 0 Å². The van der Waals surface area contributed by atoms with Crippen LogP contribution in [0, 0.1) is 5.82 Å². The molecule has 3 rings (SSSR count). The number of sulfonamides is 1. The van der Waals surface area contributed by atoms with Gasteiger partial charge in [-0.05, 0) is 74.4 Å². The predicted molar refractivity (Wildman–Crippen MR) is 165 cm³/mol. The first-order valence-corrected chi connectivity index (χ1v) is 15.6. The largest absolute Gasteiger partial charge is 0.493 e. The van der Waals surface area contributed by atoms with Crippen molar-refractivity contribution < 1.29 is 31.9 Å². The maximum atomic E-state index is 14.0. The number of anilines is 1. The molecule has 9 nitrogen and oxygen atoms in total. The molecule has 1 N–H and O–H groups in total. The predicted octanol–water partition coefficient (Wildman–Crippen LogP) is 5.68. The van der Waals surface area contributed by atoms with E-state index in [0.717, 1.165) is 16.4 Å². The Hall–Kier alpha value is -3.54. The fraction of sp³-hybridized carbons (Fsp3) is 0.333. The van der Waals surface area contributed by atoms with Gasteiger partial charge in [0.05, 0.1) is 24.8 Å².